The van der Waals surface area contributed by atoms with Crippen LogP contribution in [-0.2, 0) is 9.47 Å². The van der Waals surface area contributed by atoms with E-state index in [9.17, 15) is 9.59 Å². The minimum Gasteiger partial charge on any atom is -0.480 e. The number of nitrogens with zero attached hydrogens (tertiary/aromatic N) is 8. The van der Waals surface area contributed by atoms with Gasteiger partial charge in [0.25, 0.3) is 0 Å². The van der Waals surface area contributed by atoms with E-state index in [1.807, 2.05) is 51.3 Å². The Morgan fingerprint density at radius 2 is 0.978 bits per heavy atom. The summed E-state index contributed by atoms with van der Waals surface area (Å²) in [5, 5.41) is 0.792. The van der Waals surface area contributed by atoms with Gasteiger partial charge in [0, 0.05) is 52.4 Å². The Labute approximate surface area is 288 Å². The number of anilines is 2. The lowest BCUT2D eigenvalue weighted by molar-refractivity contribution is 0.0230. The predicted molar refractivity (Wildman–Crippen MR) is 176 cm³/mol. The molecule has 250 valence electrons. The van der Waals surface area contributed by atoms with Gasteiger partial charge in [0.1, 0.15) is 21.2 Å². The van der Waals surface area contributed by atoms with Gasteiger partial charge in [-0.25, -0.2) is 14.6 Å². The minimum absolute atomic E-state index is 0.0407. The van der Waals surface area contributed by atoms with Crippen molar-refractivity contribution < 1.29 is 23.8 Å². The van der Waals surface area contributed by atoms with Crippen LogP contribution in [0.15, 0.2) is 0 Å². The minimum atomic E-state index is -0.509. The highest BCUT2D eigenvalue weighted by Crippen LogP contribution is 2.33. The number of aromatic nitrogens is 4. The van der Waals surface area contributed by atoms with Gasteiger partial charge in [-0.15, -0.1) is 0 Å². The zero-order valence-corrected chi connectivity index (χ0v) is 29.9. The molecular weight excluding hydrogens is 694 g/mol. The quantitative estimate of drug-likeness (QED) is 0.259. The van der Waals surface area contributed by atoms with E-state index in [-0.39, 0.29) is 38.8 Å². The number of ether oxygens (including phenoxy) is 3. The summed E-state index contributed by atoms with van der Waals surface area (Å²) in [7, 11) is 1.47. The van der Waals surface area contributed by atoms with Gasteiger partial charge in [-0.3, -0.25) is 0 Å². The van der Waals surface area contributed by atoms with Crippen molar-refractivity contribution in [3.8, 4) is 5.88 Å². The molecule has 2 amide bonds. The van der Waals surface area contributed by atoms with Crippen molar-refractivity contribution in [2.45, 2.75) is 52.7 Å². The van der Waals surface area contributed by atoms with E-state index in [2.05, 4.69) is 19.9 Å². The zero-order valence-electron chi connectivity index (χ0n) is 26.2. The first-order valence-electron chi connectivity index (χ1n) is 14.0. The molecular formula is C27H37Cl5N8O5. The molecule has 2 aliphatic heterocycles. The fourth-order valence-electron chi connectivity index (χ4n) is 4.18. The van der Waals surface area contributed by atoms with Crippen LogP contribution in [0, 0.1) is 0 Å². The van der Waals surface area contributed by atoms with Crippen LogP contribution in [0.4, 0.5) is 21.2 Å². The van der Waals surface area contributed by atoms with E-state index in [1.165, 1.54) is 7.11 Å². The molecule has 0 atom stereocenters. The fraction of sp³-hybridized carbons (Fsp3) is 0.630. The molecule has 2 fully saturated rings. The summed E-state index contributed by atoms with van der Waals surface area (Å²) in [5.74, 6) is 1.22. The Balaban J connectivity index is 0.000000246. The molecule has 13 nitrogen and oxygen atoms in total. The maximum atomic E-state index is 12.1. The number of hydrogen-bond acceptors (Lipinski definition) is 11. The fourth-order valence-corrected chi connectivity index (χ4v) is 5.20. The number of halogens is 5. The largest absolute Gasteiger partial charge is 0.480 e. The first kappa shape index (κ1) is 37.0. The van der Waals surface area contributed by atoms with Gasteiger partial charge in [-0.1, -0.05) is 34.8 Å². The first-order chi connectivity index (χ1) is 20.9. The molecule has 0 saturated carbocycles. The van der Waals surface area contributed by atoms with Gasteiger partial charge in [0.15, 0.2) is 16.8 Å². The topological polar surface area (TPSA) is 126 Å². The summed E-state index contributed by atoms with van der Waals surface area (Å²) in [6, 6.07) is 0. The molecule has 2 aromatic rings. The average molecular weight is 731 g/mol. The van der Waals surface area contributed by atoms with Crippen LogP contribution in [-0.4, -0.2) is 113 Å². The van der Waals surface area contributed by atoms with Crippen LogP contribution in [0.2, 0.25) is 25.8 Å². The van der Waals surface area contributed by atoms with Gasteiger partial charge in [0.2, 0.25) is 16.4 Å². The van der Waals surface area contributed by atoms with E-state index in [4.69, 9.17) is 72.2 Å². The third-order valence-corrected chi connectivity index (χ3v) is 7.58. The summed E-state index contributed by atoms with van der Waals surface area (Å²) in [5.41, 5.74) is -1.02. The molecule has 2 aromatic heterocycles. The summed E-state index contributed by atoms with van der Waals surface area (Å²) in [4.78, 5) is 47.3. The molecule has 45 heavy (non-hydrogen) atoms. The van der Waals surface area contributed by atoms with Crippen molar-refractivity contribution in [2.24, 2.45) is 0 Å². The zero-order chi connectivity index (χ0) is 33.7. The average Bonchev–Trinajstić information content (AvgIpc) is 2.94. The predicted octanol–water partition coefficient (Wildman–Crippen LogP) is 6.34. The first-order valence-corrected chi connectivity index (χ1v) is 15.9. The molecule has 0 aromatic carbocycles. The van der Waals surface area contributed by atoms with Crippen LogP contribution < -0.4 is 14.5 Å². The lowest BCUT2D eigenvalue weighted by atomic mass is 10.2. The van der Waals surface area contributed by atoms with Crippen LogP contribution in [0.3, 0.4) is 0 Å². The van der Waals surface area contributed by atoms with Crippen LogP contribution in [0.5, 0.6) is 5.88 Å². The SMILES string of the molecule is CC(C)(C)OC(=O)N1CCN(c2nc(Cl)nc(Cl)c2Cl)CC1.COc1nc(Cl)nc(N2CCN(C(=O)OC(C)(C)C)CC2)c1Cl. The molecule has 0 bridgehead atoms. The van der Waals surface area contributed by atoms with E-state index in [0.717, 1.165) is 0 Å². The highest BCUT2D eigenvalue weighted by Gasteiger charge is 2.29. The van der Waals surface area contributed by atoms with Gasteiger partial charge < -0.3 is 33.8 Å². The Bertz CT molecular complexity index is 1360. The highest BCUT2D eigenvalue weighted by molar-refractivity contribution is 6.43. The van der Waals surface area contributed by atoms with Crippen molar-refractivity contribution in [1.82, 2.24) is 29.7 Å². The van der Waals surface area contributed by atoms with E-state index < -0.39 is 11.2 Å². The summed E-state index contributed by atoms with van der Waals surface area (Å²) in [6.07, 6.45) is -0.640. The van der Waals surface area contributed by atoms with Gasteiger partial charge >= 0.3 is 12.2 Å². The number of rotatable bonds is 3. The number of methoxy groups -OCH3 is 1. The van der Waals surface area contributed by atoms with Crippen molar-refractivity contribution in [2.75, 3.05) is 69.3 Å². The summed E-state index contributed by atoms with van der Waals surface area (Å²) in [6.45, 7) is 15.3. The standard InChI is InChI=1S/C14H20Cl2N4O3.C13H17Cl3N4O2/c1-14(2,3)23-13(21)20-7-5-19(6-8-20)10-9(15)11(22-4)18-12(16)17-10;1-13(2,3)22-12(21)20-6-4-19(5-7-20)10-8(14)9(15)17-11(16)18-10/h5-8H2,1-4H3;4-7H2,1-3H3. The van der Waals surface area contributed by atoms with Gasteiger partial charge in [-0.05, 0) is 64.7 Å². The van der Waals surface area contributed by atoms with Crippen LogP contribution >= 0.6 is 58.0 Å². The normalized spacial score (nSPS) is 15.7. The van der Waals surface area contributed by atoms with E-state index in [0.29, 0.717) is 69.0 Å². The molecule has 0 aliphatic carbocycles. The van der Waals surface area contributed by atoms with Crippen LogP contribution in [0.1, 0.15) is 41.5 Å². The monoisotopic (exact) mass is 728 g/mol. The smallest absolute Gasteiger partial charge is 0.410 e. The lowest BCUT2D eigenvalue weighted by Gasteiger charge is -2.36. The number of amides is 2. The molecule has 0 radical (unpaired) electrons. The number of carbonyl (C=O) groups is 2. The summed E-state index contributed by atoms with van der Waals surface area (Å²) < 4.78 is 15.8. The Morgan fingerprint density at radius 3 is 1.36 bits per heavy atom. The molecule has 0 unspecified atom stereocenters. The second-order valence-electron chi connectivity index (χ2n) is 12.0. The summed E-state index contributed by atoms with van der Waals surface area (Å²) >= 11 is 30.0. The van der Waals surface area contributed by atoms with Crippen molar-refractivity contribution in [1.29, 1.82) is 0 Å². The molecule has 0 spiro atoms. The molecule has 2 saturated heterocycles. The molecule has 18 heteroatoms. The Kier molecular flexibility index (Phi) is 12.7. The maximum Gasteiger partial charge on any atom is 0.410 e. The van der Waals surface area contributed by atoms with Crippen LogP contribution in [0.25, 0.3) is 0 Å². The highest BCUT2D eigenvalue weighted by atomic mass is 35.5. The van der Waals surface area contributed by atoms with Crippen molar-refractivity contribution >= 4 is 81.8 Å². The Hall–Kier alpha value is -2.45. The number of carbonyl (C=O) groups excluding carboxylic acids is 2. The Morgan fingerprint density at radius 1 is 0.600 bits per heavy atom. The third kappa shape index (κ3) is 10.8. The van der Waals surface area contributed by atoms with Gasteiger partial charge in [0.05, 0.1) is 7.11 Å². The molecule has 4 rings (SSSR count). The van der Waals surface area contributed by atoms with E-state index >= 15 is 0 Å². The molecule has 0 N–H and O–H groups in total. The third-order valence-electron chi connectivity index (χ3n) is 6.20. The molecule has 2 aliphatic rings. The second kappa shape index (κ2) is 15.4. The number of piperazine rings is 2. The number of hydrogen-bond donors (Lipinski definition) is 0. The second-order valence-corrected chi connectivity index (χ2v) is 13.8. The van der Waals surface area contributed by atoms with Crippen molar-refractivity contribution in [3.63, 3.8) is 0 Å². The maximum absolute atomic E-state index is 12.1. The van der Waals surface area contributed by atoms with E-state index in [1.54, 1.807) is 9.80 Å². The molecule has 4 heterocycles. The lowest BCUT2D eigenvalue weighted by Crippen LogP contribution is -2.50. The van der Waals surface area contributed by atoms with Crippen molar-refractivity contribution in [3.05, 3.63) is 25.8 Å². The van der Waals surface area contributed by atoms with Gasteiger partial charge in [-0.2, -0.15) is 15.0 Å².